The van der Waals surface area contributed by atoms with Gasteiger partial charge in [0.15, 0.2) is 17.3 Å². The normalized spacial score (nSPS) is 13.5. The third kappa shape index (κ3) is 6.77. The summed E-state index contributed by atoms with van der Waals surface area (Å²) in [6.45, 7) is 3.91. The molecule has 0 unspecified atom stereocenters. The molecule has 0 spiro atoms. The number of aromatic amines is 1. The monoisotopic (exact) mass is 537 g/mol. The summed E-state index contributed by atoms with van der Waals surface area (Å²) >= 11 is 0. The number of carbonyl (C=O) groups is 1. The standard InChI is InChI=1S/C27H29F2N7O3/c1-38-23-14-21-22(15-24(23)39-8-4-7-36-5-2-3-6-36)30-16-31-27(21)33-25-12-20(34-35-25)13-26(37)32-19-10-17(28)9-18(29)11-19/h9-12,14-16H,2-8,13H2,1H3,(H,32,37)(H2,30,31,33,34,35). The van der Waals surface area contributed by atoms with Crippen LogP contribution in [0, 0.1) is 11.6 Å². The van der Waals surface area contributed by atoms with Crippen molar-refractivity contribution >= 4 is 34.1 Å². The van der Waals surface area contributed by atoms with E-state index in [1.165, 1.54) is 19.2 Å². The van der Waals surface area contributed by atoms with Gasteiger partial charge in [-0.15, -0.1) is 0 Å². The first-order valence-corrected chi connectivity index (χ1v) is 12.7. The van der Waals surface area contributed by atoms with Gasteiger partial charge in [0.05, 0.1) is 25.7 Å². The largest absolute Gasteiger partial charge is 0.493 e. The lowest BCUT2D eigenvalue weighted by Gasteiger charge is -2.16. The Morgan fingerprint density at radius 2 is 1.85 bits per heavy atom. The topological polar surface area (TPSA) is 117 Å². The highest BCUT2D eigenvalue weighted by Gasteiger charge is 2.15. The molecule has 3 heterocycles. The highest BCUT2D eigenvalue weighted by atomic mass is 19.1. The van der Waals surface area contributed by atoms with Crippen LogP contribution in [0.1, 0.15) is 25.0 Å². The fraction of sp³-hybridized carbons (Fsp3) is 0.333. The number of carbonyl (C=O) groups excluding carboxylic acids is 1. The van der Waals surface area contributed by atoms with Gasteiger partial charge in [0.2, 0.25) is 5.91 Å². The third-order valence-corrected chi connectivity index (χ3v) is 6.37. The Hall–Kier alpha value is -4.32. The molecule has 0 saturated carbocycles. The Balaban J connectivity index is 1.23. The number of halogens is 2. The van der Waals surface area contributed by atoms with E-state index >= 15 is 0 Å². The number of benzene rings is 2. The molecule has 1 fully saturated rings. The van der Waals surface area contributed by atoms with Crippen molar-refractivity contribution in [1.82, 2.24) is 25.1 Å². The molecule has 2 aromatic carbocycles. The summed E-state index contributed by atoms with van der Waals surface area (Å²) in [5, 5.41) is 13.3. The number of anilines is 3. The summed E-state index contributed by atoms with van der Waals surface area (Å²) in [6, 6.07) is 8.11. The van der Waals surface area contributed by atoms with Gasteiger partial charge in [0.25, 0.3) is 0 Å². The van der Waals surface area contributed by atoms with Gasteiger partial charge in [-0.2, -0.15) is 5.10 Å². The molecule has 2 aromatic heterocycles. The Kier molecular flexibility index (Phi) is 8.11. The van der Waals surface area contributed by atoms with Crippen molar-refractivity contribution in [2.24, 2.45) is 0 Å². The summed E-state index contributed by atoms with van der Waals surface area (Å²) in [6.07, 6.45) is 4.82. The fourth-order valence-electron chi connectivity index (χ4n) is 4.55. The molecule has 0 atom stereocenters. The second-order valence-corrected chi connectivity index (χ2v) is 9.28. The molecule has 204 valence electrons. The molecular weight excluding hydrogens is 508 g/mol. The van der Waals surface area contributed by atoms with Crippen LogP contribution in [-0.4, -0.2) is 64.3 Å². The van der Waals surface area contributed by atoms with Crippen LogP contribution >= 0.6 is 0 Å². The highest BCUT2D eigenvalue weighted by molar-refractivity contribution is 5.93. The predicted molar refractivity (Wildman–Crippen MR) is 142 cm³/mol. The minimum Gasteiger partial charge on any atom is -0.493 e. The Labute approximate surface area is 223 Å². The van der Waals surface area contributed by atoms with E-state index < -0.39 is 17.5 Å². The van der Waals surface area contributed by atoms with Crippen molar-refractivity contribution in [1.29, 1.82) is 0 Å². The van der Waals surface area contributed by atoms with Gasteiger partial charge >= 0.3 is 0 Å². The Morgan fingerprint density at radius 1 is 1.05 bits per heavy atom. The molecule has 12 heteroatoms. The summed E-state index contributed by atoms with van der Waals surface area (Å²) in [7, 11) is 1.58. The average molecular weight is 538 g/mol. The molecule has 0 bridgehead atoms. The maximum Gasteiger partial charge on any atom is 0.230 e. The number of amides is 1. The molecule has 0 aliphatic carbocycles. The zero-order valence-corrected chi connectivity index (χ0v) is 21.5. The number of rotatable bonds is 11. The fourth-order valence-corrected chi connectivity index (χ4v) is 4.55. The molecule has 39 heavy (non-hydrogen) atoms. The number of likely N-dealkylation sites (tertiary alicyclic amines) is 1. The average Bonchev–Trinajstić information content (AvgIpc) is 3.58. The van der Waals surface area contributed by atoms with Crippen LogP contribution in [0.3, 0.4) is 0 Å². The van der Waals surface area contributed by atoms with Crippen LogP contribution in [0.15, 0.2) is 42.7 Å². The number of nitrogens with zero attached hydrogens (tertiary/aromatic N) is 4. The number of methoxy groups -OCH3 is 1. The molecular formula is C27H29F2N7O3. The van der Waals surface area contributed by atoms with Gasteiger partial charge < -0.3 is 25.0 Å². The molecule has 3 N–H and O–H groups in total. The number of nitrogens with one attached hydrogen (secondary N) is 3. The number of hydrogen-bond donors (Lipinski definition) is 3. The molecule has 1 aliphatic rings. The van der Waals surface area contributed by atoms with E-state index in [1.807, 2.05) is 12.1 Å². The second-order valence-electron chi connectivity index (χ2n) is 9.28. The first-order valence-electron chi connectivity index (χ1n) is 12.7. The molecule has 1 amide bonds. The summed E-state index contributed by atoms with van der Waals surface area (Å²) in [5.74, 6) is 0.0938. The van der Waals surface area contributed by atoms with Crippen molar-refractivity contribution in [3.05, 3.63) is 60.1 Å². The van der Waals surface area contributed by atoms with Crippen LogP contribution < -0.4 is 20.1 Å². The quantitative estimate of drug-likeness (QED) is 0.241. The van der Waals surface area contributed by atoms with E-state index in [9.17, 15) is 13.6 Å². The zero-order chi connectivity index (χ0) is 27.2. The summed E-state index contributed by atoms with van der Waals surface area (Å²) in [4.78, 5) is 23.5. The van der Waals surface area contributed by atoms with Gasteiger partial charge in [0, 0.05) is 41.5 Å². The highest BCUT2D eigenvalue weighted by Crippen LogP contribution is 2.34. The van der Waals surface area contributed by atoms with Gasteiger partial charge in [-0.3, -0.25) is 9.89 Å². The van der Waals surface area contributed by atoms with Crippen molar-refractivity contribution < 1.29 is 23.0 Å². The molecule has 4 aromatic rings. The minimum atomic E-state index is -0.775. The van der Waals surface area contributed by atoms with Crippen molar-refractivity contribution in [3.63, 3.8) is 0 Å². The lowest BCUT2D eigenvalue weighted by molar-refractivity contribution is -0.115. The van der Waals surface area contributed by atoms with Crippen LogP contribution in [0.5, 0.6) is 11.5 Å². The first-order chi connectivity index (χ1) is 19.0. The molecule has 5 rings (SSSR count). The lowest BCUT2D eigenvalue weighted by atomic mass is 10.2. The van der Waals surface area contributed by atoms with Crippen molar-refractivity contribution in [2.75, 3.05) is 44.0 Å². The predicted octanol–water partition coefficient (Wildman–Crippen LogP) is 4.43. The Morgan fingerprint density at radius 3 is 2.62 bits per heavy atom. The summed E-state index contributed by atoms with van der Waals surface area (Å²) < 4.78 is 38.3. The number of fused-ring (bicyclic) bond motifs is 1. The summed E-state index contributed by atoms with van der Waals surface area (Å²) in [5.41, 5.74) is 1.19. The van der Waals surface area contributed by atoms with Gasteiger partial charge in [-0.25, -0.2) is 18.7 Å². The number of aromatic nitrogens is 4. The van der Waals surface area contributed by atoms with Crippen molar-refractivity contribution in [2.45, 2.75) is 25.7 Å². The van der Waals surface area contributed by atoms with Crippen molar-refractivity contribution in [3.8, 4) is 11.5 Å². The number of H-pyrrole nitrogens is 1. The second kappa shape index (κ2) is 12.0. The SMILES string of the molecule is COc1cc2c(Nc3cc(CC(=O)Nc4cc(F)cc(F)c4)[nH]n3)ncnc2cc1OCCCN1CCCC1. The molecule has 0 radical (unpaired) electrons. The Bertz CT molecular complexity index is 1440. The lowest BCUT2D eigenvalue weighted by Crippen LogP contribution is -2.21. The zero-order valence-electron chi connectivity index (χ0n) is 21.5. The first kappa shape index (κ1) is 26.3. The van der Waals surface area contributed by atoms with E-state index in [0.717, 1.165) is 44.3 Å². The maximum atomic E-state index is 13.4. The molecule has 1 saturated heterocycles. The minimum absolute atomic E-state index is 0.0340. The number of ether oxygens (including phenoxy) is 2. The van der Waals surface area contributed by atoms with E-state index in [2.05, 4.69) is 35.7 Å². The van der Waals surface area contributed by atoms with Gasteiger partial charge in [-0.1, -0.05) is 0 Å². The van der Waals surface area contributed by atoms with E-state index in [4.69, 9.17) is 9.47 Å². The third-order valence-electron chi connectivity index (χ3n) is 6.37. The smallest absolute Gasteiger partial charge is 0.230 e. The van der Waals surface area contributed by atoms with Crippen LogP contribution in [-0.2, 0) is 11.2 Å². The van der Waals surface area contributed by atoms with Crippen LogP contribution in [0.4, 0.5) is 26.1 Å². The van der Waals surface area contributed by atoms with E-state index in [-0.39, 0.29) is 12.1 Å². The molecule has 1 aliphatic heterocycles. The maximum absolute atomic E-state index is 13.4. The van der Waals surface area contributed by atoms with Crippen LogP contribution in [0.2, 0.25) is 0 Å². The van der Waals surface area contributed by atoms with Gasteiger partial charge in [-0.05, 0) is 50.6 Å². The van der Waals surface area contributed by atoms with Crippen LogP contribution in [0.25, 0.3) is 10.9 Å². The van der Waals surface area contributed by atoms with E-state index in [0.29, 0.717) is 46.3 Å². The molecule has 10 nitrogen and oxygen atoms in total. The van der Waals surface area contributed by atoms with Gasteiger partial charge in [0.1, 0.15) is 23.8 Å². The number of hydrogen-bond acceptors (Lipinski definition) is 8. The van der Waals surface area contributed by atoms with E-state index in [1.54, 1.807) is 13.2 Å².